The Balaban J connectivity index is 1.43. The van der Waals surface area contributed by atoms with Gasteiger partial charge in [0.25, 0.3) is 0 Å². The number of hydrogen-bond donors (Lipinski definition) is 0. The Morgan fingerprint density at radius 3 is 2.79 bits per heavy atom. The molecule has 0 radical (unpaired) electrons. The van der Waals surface area contributed by atoms with Crippen LogP contribution in [0.2, 0.25) is 0 Å². The van der Waals surface area contributed by atoms with E-state index >= 15 is 0 Å². The lowest BCUT2D eigenvalue weighted by Crippen LogP contribution is -2.60. The molecule has 28 heavy (non-hydrogen) atoms. The molecule has 1 aromatic carbocycles. The van der Waals surface area contributed by atoms with Crippen LogP contribution in [-0.4, -0.2) is 74.7 Å². The number of benzene rings is 1. The third-order valence-corrected chi connectivity index (χ3v) is 6.80. The minimum atomic E-state index is 0.205. The maximum atomic E-state index is 13.2. The molecule has 0 aliphatic carbocycles. The summed E-state index contributed by atoms with van der Waals surface area (Å²) in [5, 5.41) is 11.2. The molecule has 0 N–H and O–H groups in total. The summed E-state index contributed by atoms with van der Waals surface area (Å²) in [5.41, 5.74) is 1.23. The van der Waals surface area contributed by atoms with E-state index < -0.39 is 0 Å². The highest BCUT2D eigenvalue weighted by Gasteiger charge is 2.54. The summed E-state index contributed by atoms with van der Waals surface area (Å²) in [6.45, 7) is 3.57. The number of methoxy groups -OCH3 is 1. The van der Waals surface area contributed by atoms with Gasteiger partial charge in [0.2, 0.25) is 5.91 Å². The van der Waals surface area contributed by atoms with Gasteiger partial charge in [0.05, 0.1) is 19.7 Å². The van der Waals surface area contributed by atoms with Crippen molar-refractivity contribution in [2.45, 2.75) is 43.8 Å². The fourth-order valence-electron chi connectivity index (χ4n) is 5.59. The molecule has 5 heterocycles. The number of likely N-dealkylation sites (tertiary alicyclic amines) is 1. The van der Waals surface area contributed by atoms with Gasteiger partial charge >= 0.3 is 0 Å². The topological polar surface area (TPSA) is 76.4 Å². The number of para-hydroxylation sites is 1. The summed E-state index contributed by atoms with van der Waals surface area (Å²) in [6, 6.07) is 8.98. The molecule has 0 spiro atoms. The van der Waals surface area contributed by atoms with Crippen molar-refractivity contribution < 1.29 is 9.53 Å². The second-order valence-electron chi connectivity index (χ2n) is 8.07. The smallest absolute Gasteiger partial charge is 0.224 e. The van der Waals surface area contributed by atoms with Crippen LogP contribution in [0.25, 0.3) is 0 Å². The van der Waals surface area contributed by atoms with Gasteiger partial charge in [-0.2, -0.15) is 0 Å². The van der Waals surface area contributed by atoms with Crippen LogP contribution >= 0.6 is 0 Å². The van der Waals surface area contributed by atoms with E-state index in [2.05, 4.69) is 37.5 Å². The molecule has 4 aliphatic rings. The average molecular weight is 382 g/mol. The Hall–Kier alpha value is -2.48. The number of aryl methyl sites for hydroxylation is 1. The maximum Gasteiger partial charge on any atom is 0.224 e. The highest BCUT2D eigenvalue weighted by atomic mass is 16.5. The molecular formula is C20H26N6O2. The second-order valence-corrected chi connectivity index (χ2v) is 8.07. The fraction of sp³-hybridized carbons (Fsp3) is 0.600. The zero-order valence-electron chi connectivity index (χ0n) is 16.1. The minimum absolute atomic E-state index is 0.205. The normalized spacial score (nSPS) is 31.0. The molecule has 0 saturated carbocycles. The van der Waals surface area contributed by atoms with Gasteiger partial charge < -0.3 is 9.64 Å². The van der Waals surface area contributed by atoms with Crippen LogP contribution in [0.15, 0.2) is 30.6 Å². The first-order valence-electron chi connectivity index (χ1n) is 10.1. The predicted molar refractivity (Wildman–Crippen MR) is 102 cm³/mol. The van der Waals surface area contributed by atoms with Crippen LogP contribution in [0, 0.1) is 5.92 Å². The number of piperidine rings is 3. The zero-order chi connectivity index (χ0) is 19.1. The van der Waals surface area contributed by atoms with Crippen LogP contribution in [0.5, 0.6) is 5.75 Å². The number of fused-ring (bicyclic) bond motifs is 2. The Kier molecular flexibility index (Phi) is 4.50. The first kappa shape index (κ1) is 17.6. The van der Waals surface area contributed by atoms with E-state index in [1.165, 1.54) is 18.4 Å². The van der Waals surface area contributed by atoms with E-state index in [0.717, 1.165) is 25.4 Å². The van der Waals surface area contributed by atoms with Crippen LogP contribution < -0.4 is 4.74 Å². The van der Waals surface area contributed by atoms with Crippen LogP contribution in [0.4, 0.5) is 0 Å². The second kappa shape index (κ2) is 7.16. The number of hydrogen-bond acceptors (Lipinski definition) is 6. The number of rotatable bonds is 5. The molecule has 1 aromatic heterocycles. The molecule has 148 valence electrons. The maximum absolute atomic E-state index is 13.2. The number of carbonyl (C=O) groups excluding carboxylic acids is 1. The summed E-state index contributed by atoms with van der Waals surface area (Å²) < 4.78 is 7.29. The van der Waals surface area contributed by atoms with Crippen LogP contribution in [0.3, 0.4) is 0 Å². The predicted octanol–water partition coefficient (Wildman–Crippen LogP) is 1.16. The van der Waals surface area contributed by atoms with Gasteiger partial charge in [0.15, 0.2) is 0 Å². The number of nitrogens with zero attached hydrogens (tertiary/aromatic N) is 6. The first-order chi connectivity index (χ1) is 13.8. The molecule has 4 aliphatic heterocycles. The van der Waals surface area contributed by atoms with Crippen molar-refractivity contribution in [1.29, 1.82) is 0 Å². The number of ether oxygens (including phenoxy) is 1. The molecular weight excluding hydrogens is 356 g/mol. The van der Waals surface area contributed by atoms with Gasteiger partial charge in [0, 0.05) is 30.5 Å². The standard InChI is InChI=1S/C20H26N6O2/c1-28-17-5-3-2-4-15(17)16-12-26(18(27)8-11-25-13-21-22-23-25)19-14-6-9-24(10-7-14)20(16)19/h2-5,13-14,16,19-20H,6-12H2,1H3/t16-,19-,20-/m0/s1. The molecule has 4 saturated heterocycles. The first-order valence-corrected chi connectivity index (χ1v) is 10.1. The van der Waals surface area contributed by atoms with Crippen molar-refractivity contribution in [3.05, 3.63) is 36.2 Å². The van der Waals surface area contributed by atoms with E-state index in [1.807, 2.05) is 12.1 Å². The van der Waals surface area contributed by atoms with Crippen molar-refractivity contribution in [3.63, 3.8) is 0 Å². The molecule has 4 fully saturated rings. The third-order valence-electron chi connectivity index (χ3n) is 6.80. The van der Waals surface area contributed by atoms with Gasteiger partial charge in [0.1, 0.15) is 12.1 Å². The van der Waals surface area contributed by atoms with Crippen LogP contribution in [-0.2, 0) is 11.3 Å². The molecule has 8 heteroatoms. The van der Waals surface area contributed by atoms with Crippen molar-refractivity contribution in [2.24, 2.45) is 5.92 Å². The average Bonchev–Trinajstić information content (AvgIpc) is 3.42. The highest BCUT2D eigenvalue weighted by molar-refractivity contribution is 5.77. The van der Waals surface area contributed by atoms with Gasteiger partial charge in [-0.3, -0.25) is 9.69 Å². The lowest BCUT2D eigenvalue weighted by atomic mass is 9.75. The SMILES string of the molecule is COc1ccccc1[C@@H]1CN(C(=O)CCn2cnnn2)[C@H]2C3CCN(CC3)[C@@H]12. The van der Waals surface area contributed by atoms with Gasteiger partial charge in [-0.05, 0) is 48.3 Å². The monoisotopic (exact) mass is 382 g/mol. The summed E-state index contributed by atoms with van der Waals surface area (Å²) in [4.78, 5) is 18.0. The van der Waals surface area contributed by atoms with E-state index in [4.69, 9.17) is 4.74 Å². The van der Waals surface area contributed by atoms with Gasteiger partial charge in [-0.1, -0.05) is 18.2 Å². The Morgan fingerprint density at radius 2 is 2.04 bits per heavy atom. The lowest BCUT2D eigenvalue weighted by Gasteiger charge is -2.51. The molecule has 2 aromatic rings. The van der Waals surface area contributed by atoms with Gasteiger partial charge in [-0.15, -0.1) is 5.10 Å². The molecule has 6 rings (SSSR count). The van der Waals surface area contributed by atoms with E-state index in [1.54, 1.807) is 18.1 Å². The molecule has 3 atom stereocenters. The Labute approximate surface area is 164 Å². The lowest BCUT2D eigenvalue weighted by molar-refractivity contribution is -0.136. The Morgan fingerprint density at radius 1 is 1.21 bits per heavy atom. The summed E-state index contributed by atoms with van der Waals surface area (Å²) in [6.07, 6.45) is 4.37. The van der Waals surface area contributed by atoms with E-state index in [0.29, 0.717) is 36.9 Å². The number of aromatic nitrogens is 4. The molecule has 2 bridgehead atoms. The quantitative estimate of drug-likeness (QED) is 0.772. The number of carbonyl (C=O) groups is 1. The van der Waals surface area contributed by atoms with Crippen molar-refractivity contribution >= 4 is 5.91 Å². The summed E-state index contributed by atoms with van der Waals surface area (Å²) >= 11 is 0. The van der Waals surface area contributed by atoms with E-state index in [-0.39, 0.29) is 5.91 Å². The number of tetrazole rings is 1. The third kappa shape index (κ3) is 2.87. The van der Waals surface area contributed by atoms with Crippen molar-refractivity contribution in [3.8, 4) is 5.75 Å². The highest BCUT2D eigenvalue weighted by Crippen LogP contribution is 2.48. The van der Waals surface area contributed by atoms with Crippen LogP contribution in [0.1, 0.15) is 30.7 Å². The van der Waals surface area contributed by atoms with E-state index in [9.17, 15) is 4.79 Å². The number of amides is 1. The zero-order valence-corrected chi connectivity index (χ0v) is 16.1. The Bertz CT molecular complexity index is 833. The fourth-order valence-corrected chi connectivity index (χ4v) is 5.59. The molecule has 0 unspecified atom stereocenters. The van der Waals surface area contributed by atoms with Crippen molar-refractivity contribution in [1.82, 2.24) is 30.0 Å². The minimum Gasteiger partial charge on any atom is -0.496 e. The molecule has 1 amide bonds. The van der Waals surface area contributed by atoms with Gasteiger partial charge in [-0.25, -0.2) is 4.68 Å². The largest absolute Gasteiger partial charge is 0.496 e. The van der Waals surface area contributed by atoms with Crippen molar-refractivity contribution in [2.75, 3.05) is 26.7 Å². The summed E-state index contributed by atoms with van der Waals surface area (Å²) in [7, 11) is 1.73. The summed E-state index contributed by atoms with van der Waals surface area (Å²) in [5.74, 6) is 2.03. The molecule has 8 nitrogen and oxygen atoms in total.